The monoisotopic (exact) mass is 493 g/mol. The van der Waals surface area contributed by atoms with Gasteiger partial charge in [-0.05, 0) is 42.5 Å². The van der Waals surface area contributed by atoms with Crippen molar-refractivity contribution in [2.45, 2.75) is 45.7 Å². The van der Waals surface area contributed by atoms with Crippen LogP contribution in [0.2, 0.25) is 0 Å². The van der Waals surface area contributed by atoms with Crippen LogP contribution in [0.25, 0.3) is 0 Å². The summed E-state index contributed by atoms with van der Waals surface area (Å²) >= 11 is 0. The van der Waals surface area contributed by atoms with Crippen LogP contribution in [0.1, 0.15) is 33.6 Å². The molecule has 0 spiro atoms. The number of hydrogen-bond donors (Lipinski definition) is 6. The lowest BCUT2D eigenvalue weighted by atomic mass is 9.83. The predicted molar refractivity (Wildman–Crippen MR) is 127 cm³/mol. The zero-order valence-electron chi connectivity index (χ0n) is 19.8. The molecule has 14 nitrogen and oxygen atoms in total. The number of hydrazine groups is 1. The lowest BCUT2D eigenvalue weighted by Gasteiger charge is -2.32. The van der Waals surface area contributed by atoms with Gasteiger partial charge in [0.15, 0.2) is 5.03 Å². The molecule has 2 rings (SSSR count). The molecule has 6 N–H and O–H groups in total. The van der Waals surface area contributed by atoms with E-state index in [0.29, 0.717) is 24.5 Å². The van der Waals surface area contributed by atoms with Crippen LogP contribution in [0, 0.1) is 20.9 Å². The summed E-state index contributed by atoms with van der Waals surface area (Å²) in [5.74, 6) is -1.27. The molecule has 35 heavy (non-hydrogen) atoms. The second kappa shape index (κ2) is 12.0. The topological polar surface area (TPSA) is 199 Å². The quantitative estimate of drug-likeness (QED) is 0.126. The number of nitrogens with one attached hydrogen (secondary N) is 5. The number of carbonyl (C=O) groups is 3. The largest absolute Gasteiger partial charge is 0.465 e. The number of morpholine rings is 1. The third-order valence-corrected chi connectivity index (χ3v) is 5.36. The van der Waals surface area contributed by atoms with Gasteiger partial charge in [-0.3, -0.25) is 15.0 Å². The van der Waals surface area contributed by atoms with Gasteiger partial charge in [-0.15, -0.1) is 0 Å². The molecule has 1 heterocycles. The van der Waals surface area contributed by atoms with E-state index < -0.39 is 40.5 Å². The number of nitro groups is 1. The molecule has 192 valence electrons. The van der Waals surface area contributed by atoms with Crippen molar-refractivity contribution in [3.05, 3.63) is 34.4 Å². The van der Waals surface area contributed by atoms with E-state index in [2.05, 4.69) is 16.0 Å². The van der Waals surface area contributed by atoms with E-state index in [1.165, 1.54) is 0 Å². The number of anilines is 2. The van der Waals surface area contributed by atoms with Crippen LogP contribution in [-0.4, -0.2) is 65.8 Å². The first-order valence-electron chi connectivity index (χ1n) is 10.9. The molecule has 0 radical (unpaired) electrons. The van der Waals surface area contributed by atoms with Crippen molar-refractivity contribution >= 4 is 35.2 Å². The lowest BCUT2D eigenvalue weighted by Crippen LogP contribution is -2.51. The second-order valence-electron chi connectivity index (χ2n) is 9.02. The summed E-state index contributed by atoms with van der Waals surface area (Å²) in [6.45, 7) is 6.41. The Balaban J connectivity index is 2.05. The third-order valence-electron chi connectivity index (χ3n) is 5.36. The summed E-state index contributed by atoms with van der Waals surface area (Å²) in [5.41, 5.74) is 2.34. The van der Waals surface area contributed by atoms with Crippen LogP contribution >= 0.6 is 0 Å². The fourth-order valence-electron chi connectivity index (χ4n) is 3.52. The van der Waals surface area contributed by atoms with Crippen molar-refractivity contribution < 1.29 is 29.3 Å². The average molecular weight is 494 g/mol. The van der Waals surface area contributed by atoms with Gasteiger partial charge in [-0.2, -0.15) is 0 Å². The average Bonchev–Trinajstić information content (AvgIpc) is 2.75. The van der Waals surface area contributed by atoms with Crippen molar-refractivity contribution in [2.75, 3.05) is 30.0 Å². The second-order valence-corrected chi connectivity index (χ2v) is 9.02. The van der Waals surface area contributed by atoms with Gasteiger partial charge in [0, 0.05) is 24.0 Å². The Morgan fingerprint density at radius 3 is 2.43 bits per heavy atom. The Morgan fingerprint density at radius 2 is 1.89 bits per heavy atom. The Morgan fingerprint density at radius 1 is 1.23 bits per heavy atom. The van der Waals surface area contributed by atoms with Gasteiger partial charge < -0.3 is 30.7 Å². The molecule has 0 bridgehead atoms. The fourth-order valence-corrected chi connectivity index (χ4v) is 3.52. The molecule has 1 aromatic rings. The van der Waals surface area contributed by atoms with Crippen molar-refractivity contribution in [3.8, 4) is 0 Å². The number of ether oxygens (including phenoxy) is 1. The van der Waals surface area contributed by atoms with Crippen molar-refractivity contribution in [1.82, 2.24) is 16.1 Å². The first-order valence-corrected chi connectivity index (χ1v) is 10.9. The van der Waals surface area contributed by atoms with Gasteiger partial charge >= 0.3 is 6.09 Å². The summed E-state index contributed by atoms with van der Waals surface area (Å²) in [4.78, 5) is 48.3. The molecule has 1 unspecified atom stereocenters. The molecular weight excluding hydrogens is 462 g/mol. The minimum absolute atomic E-state index is 0.00695. The maximum absolute atomic E-state index is 12.8. The number of amides is 3. The number of hydrogen-bond acceptors (Lipinski definition) is 7. The maximum Gasteiger partial charge on any atom is 0.405 e. The van der Waals surface area contributed by atoms with E-state index in [4.69, 9.17) is 10.1 Å². The predicted octanol–water partition coefficient (Wildman–Crippen LogP) is 1.13. The van der Waals surface area contributed by atoms with E-state index >= 15 is 0 Å². The molecule has 2 atom stereocenters. The Kier molecular flexibility index (Phi) is 9.34. The minimum Gasteiger partial charge on any atom is -0.465 e. The Hall–Kier alpha value is -3.94. The van der Waals surface area contributed by atoms with Crippen LogP contribution in [0.3, 0.4) is 0 Å². The fraction of sp³-hybridized carbons (Fsp3) is 0.524. The number of carboxylic acid groups (broad SMARTS) is 1. The van der Waals surface area contributed by atoms with Crippen molar-refractivity contribution in [1.29, 1.82) is 5.41 Å². The number of rotatable bonds is 9. The minimum atomic E-state index is -1.38. The molecule has 3 amide bonds. The van der Waals surface area contributed by atoms with Crippen LogP contribution in [0.5, 0.6) is 0 Å². The highest BCUT2D eigenvalue weighted by Gasteiger charge is 2.29. The molecule has 1 aliphatic rings. The lowest BCUT2D eigenvalue weighted by molar-refractivity contribution is -0.526. The molecule has 14 heteroatoms. The van der Waals surface area contributed by atoms with E-state index in [1.807, 2.05) is 20.8 Å². The van der Waals surface area contributed by atoms with Crippen molar-refractivity contribution in [3.63, 3.8) is 0 Å². The van der Waals surface area contributed by atoms with Gasteiger partial charge in [-0.1, -0.05) is 26.2 Å². The van der Waals surface area contributed by atoms with Gasteiger partial charge in [0.2, 0.25) is 5.91 Å². The highest BCUT2D eigenvalue weighted by Crippen LogP contribution is 2.24. The molecule has 0 aliphatic carbocycles. The Labute approximate surface area is 202 Å². The van der Waals surface area contributed by atoms with Crippen LogP contribution in [0.4, 0.5) is 16.2 Å². The first-order chi connectivity index (χ1) is 16.4. The summed E-state index contributed by atoms with van der Waals surface area (Å²) in [6.07, 6.45) is -1.07. The molecule has 1 aromatic carbocycles. The van der Waals surface area contributed by atoms with E-state index in [-0.39, 0.29) is 25.4 Å². The SMILES string of the molecule is CC(C)(C)[C@H](CCC(NC(=O)O)C(=O)Nc1ccc(N2CCOCC2=O)cc1)NC(=N)N[N+](=O)[O-]. The van der Waals surface area contributed by atoms with E-state index in [0.717, 1.165) is 0 Å². The number of carbonyl (C=O) groups excluding carboxylic acids is 2. The summed E-state index contributed by atoms with van der Waals surface area (Å²) in [6, 6.07) is 4.98. The van der Waals surface area contributed by atoms with Gasteiger partial charge in [0.25, 0.3) is 11.9 Å². The first kappa shape index (κ1) is 27.3. The summed E-state index contributed by atoms with van der Waals surface area (Å²) in [5, 5.41) is 34.2. The number of nitrogens with zero attached hydrogens (tertiary/aromatic N) is 2. The summed E-state index contributed by atoms with van der Waals surface area (Å²) in [7, 11) is 0. The highest BCUT2D eigenvalue weighted by atomic mass is 16.7. The summed E-state index contributed by atoms with van der Waals surface area (Å²) < 4.78 is 5.11. The standard InChI is InChI=1S/C21H31N7O7/c1-21(2,3)16(25-19(22)26-28(33)34)9-8-15(24-20(31)32)18(30)23-13-4-6-14(7-5-13)27-10-11-35-12-17(27)29/h4-7,15-16,24H,8-12H2,1-3H3,(H,23,30)(H,31,32)(H3,22,25,26)/t15?,16-/m0/s1. The van der Waals surface area contributed by atoms with Crippen LogP contribution in [0.15, 0.2) is 24.3 Å². The maximum atomic E-state index is 12.8. The highest BCUT2D eigenvalue weighted by molar-refractivity contribution is 5.97. The third kappa shape index (κ3) is 8.73. The smallest absolute Gasteiger partial charge is 0.405 e. The zero-order valence-corrected chi connectivity index (χ0v) is 19.8. The zero-order chi connectivity index (χ0) is 26.2. The molecule has 1 fully saturated rings. The van der Waals surface area contributed by atoms with Gasteiger partial charge in [0.1, 0.15) is 12.6 Å². The van der Waals surface area contributed by atoms with Crippen LogP contribution in [-0.2, 0) is 14.3 Å². The van der Waals surface area contributed by atoms with E-state index in [9.17, 15) is 29.6 Å². The van der Waals surface area contributed by atoms with Crippen LogP contribution < -0.4 is 26.3 Å². The van der Waals surface area contributed by atoms with Gasteiger partial charge in [0.05, 0.1) is 6.61 Å². The molecular formula is C21H31N7O7. The Bertz CT molecular complexity index is 946. The molecule has 1 saturated heterocycles. The molecule has 0 aromatic heterocycles. The van der Waals surface area contributed by atoms with Crippen molar-refractivity contribution in [2.24, 2.45) is 5.41 Å². The normalized spacial score (nSPS) is 15.5. The number of guanidine groups is 1. The molecule has 1 aliphatic heterocycles. The molecule has 0 saturated carbocycles. The number of benzene rings is 1. The van der Waals surface area contributed by atoms with Gasteiger partial charge in [-0.25, -0.2) is 14.9 Å². The van der Waals surface area contributed by atoms with E-state index in [1.54, 1.807) is 34.6 Å².